The highest BCUT2D eigenvalue weighted by Crippen LogP contribution is 2.23. The normalized spacial score (nSPS) is 18.6. The second-order valence-corrected chi connectivity index (χ2v) is 6.11. The maximum Gasteiger partial charge on any atom is 0.0645 e. The molecule has 0 aliphatic carbocycles. The van der Waals surface area contributed by atoms with Crippen LogP contribution in [0.2, 0.25) is 0 Å². The molecule has 0 amide bonds. The first-order valence-electron chi connectivity index (χ1n) is 8.34. The Morgan fingerprint density at radius 1 is 1.08 bits per heavy atom. The van der Waals surface area contributed by atoms with E-state index in [4.69, 9.17) is 0 Å². The minimum Gasteiger partial charge on any atom is -0.314 e. The third-order valence-corrected chi connectivity index (χ3v) is 4.47. The minimum atomic E-state index is 0.354. The van der Waals surface area contributed by atoms with E-state index < -0.39 is 0 Å². The van der Waals surface area contributed by atoms with Crippen LogP contribution in [0.3, 0.4) is 0 Å². The lowest BCUT2D eigenvalue weighted by atomic mass is 10.0. The molecule has 4 rings (SSSR count). The first-order chi connectivity index (χ1) is 11.9. The van der Waals surface area contributed by atoms with E-state index in [9.17, 15) is 0 Å². The summed E-state index contributed by atoms with van der Waals surface area (Å²) in [5.74, 6) is 0. The summed E-state index contributed by atoms with van der Waals surface area (Å²) in [5, 5.41) is 8.00. The standard InChI is InChI=1S/C19H21N5/c1-2-6-18(7-3-1)24-15-16(11-22-24)14-23-10-9-21-13-19(23)17-5-4-8-20-12-17/h1-8,11-12,15,19,21H,9-10,13-14H2. The van der Waals surface area contributed by atoms with Crippen LogP contribution in [0.25, 0.3) is 5.69 Å². The molecular formula is C19H21N5. The zero-order chi connectivity index (χ0) is 16.2. The molecule has 0 saturated carbocycles. The molecule has 3 heterocycles. The fourth-order valence-electron chi connectivity index (χ4n) is 3.24. The van der Waals surface area contributed by atoms with E-state index in [1.165, 1.54) is 11.1 Å². The van der Waals surface area contributed by atoms with Gasteiger partial charge in [0.2, 0.25) is 0 Å². The number of pyridine rings is 1. The molecule has 1 aliphatic rings. The molecule has 1 aromatic carbocycles. The van der Waals surface area contributed by atoms with E-state index in [1.54, 1.807) is 0 Å². The van der Waals surface area contributed by atoms with E-state index in [0.717, 1.165) is 31.9 Å². The zero-order valence-electron chi connectivity index (χ0n) is 13.5. The Kier molecular flexibility index (Phi) is 4.36. The van der Waals surface area contributed by atoms with Gasteiger partial charge < -0.3 is 5.32 Å². The number of piperazine rings is 1. The van der Waals surface area contributed by atoms with Gasteiger partial charge >= 0.3 is 0 Å². The predicted molar refractivity (Wildman–Crippen MR) is 93.8 cm³/mol. The monoisotopic (exact) mass is 319 g/mol. The average molecular weight is 319 g/mol. The van der Waals surface area contributed by atoms with Crippen molar-refractivity contribution in [1.82, 2.24) is 25.0 Å². The van der Waals surface area contributed by atoms with Gasteiger partial charge in [0.15, 0.2) is 0 Å². The molecule has 2 aromatic heterocycles. The summed E-state index contributed by atoms with van der Waals surface area (Å²) in [6, 6.07) is 14.7. The van der Waals surface area contributed by atoms with Crippen LogP contribution in [0, 0.1) is 0 Å². The summed E-state index contributed by atoms with van der Waals surface area (Å²) in [5.41, 5.74) is 3.59. The van der Waals surface area contributed by atoms with E-state index in [0.29, 0.717) is 6.04 Å². The fourth-order valence-corrected chi connectivity index (χ4v) is 3.24. The first-order valence-corrected chi connectivity index (χ1v) is 8.34. The Morgan fingerprint density at radius 2 is 2.00 bits per heavy atom. The van der Waals surface area contributed by atoms with Crippen molar-refractivity contribution >= 4 is 0 Å². The lowest BCUT2D eigenvalue weighted by Gasteiger charge is -2.36. The third-order valence-electron chi connectivity index (χ3n) is 4.47. The van der Waals surface area contributed by atoms with E-state index in [2.05, 4.69) is 44.7 Å². The Labute approximate surface area is 142 Å². The van der Waals surface area contributed by atoms with Gasteiger partial charge in [-0.1, -0.05) is 24.3 Å². The van der Waals surface area contributed by atoms with Crippen molar-refractivity contribution in [2.24, 2.45) is 0 Å². The summed E-state index contributed by atoms with van der Waals surface area (Å²) in [6.07, 6.45) is 7.89. The maximum atomic E-state index is 4.51. The smallest absolute Gasteiger partial charge is 0.0645 e. The van der Waals surface area contributed by atoms with Crippen LogP contribution in [0.1, 0.15) is 17.2 Å². The van der Waals surface area contributed by atoms with Gasteiger partial charge in [0, 0.05) is 56.4 Å². The van der Waals surface area contributed by atoms with Crippen LogP contribution < -0.4 is 5.32 Å². The topological polar surface area (TPSA) is 46.0 Å². The lowest BCUT2D eigenvalue weighted by molar-refractivity contribution is 0.153. The Balaban J connectivity index is 1.52. The molecule has 0 bridgehead atoms. The van der Waals surface area contributed by atoms with Crippen molar-refractivity contribution in [3.63, 3.8) is 0 Å². The highest BCUT2D eigenvalue weighted by Gasteiger charge is 2.24. The molecule has 1 aliphatic heterocycles. The summed E-state index contributed by atoms with van der Waals surface area (Å²) < 4.78 is 1.94. The number of rotatable bonds is 4. The quantitative estimate of drug-likeness (QED) is 0.802. The van der Waals surface area contributed by atoms with Crippen molar-refractivity contribution in [3.05, 3.63) is 78.4 Å². The highest BCUT2D eigenvalue weighted by molar-refractivity contribution is 5.31. The van der Waals surface area contributed by atoms with Crippen LogP contribution in [-0.2, 0) is 6.54 Å². The van der Waals surface area contributed by atoms with Crippen molar-refractivity contribution in [1.29, 1.82) is 0 Å². The van der Waals surface area contributed by atoms with Crippen LogP contribution in [0.15, 0.2) is 67.3 Å². The van der Waals surface area contributed by atoms with Gasteiger partial charge in [-0.05, 0) is 23.8 Å². The molecule has 5 heteroatoms. The molecular weight excluding hydrogens is 298 g/mol. The van der Waals surface area contributed by atoms with Crippen LogP contribution >= 0.6 is 0 Å². The Bertz CT molecular complexity index is 769. The zero-order valence-corrected chi connectivity index (χ0v) is 13.5. The van der Waals surface area contributed by atoms with Gasteiger partial charge in [-0.25, -0.2) is 4.68 Å². The Hall–Kier alpha value is -2.50. The number of para-hydroxylation sites is 1. The van der Waals surface area contributed by atoms with Gasteiger partial charge in [0.05, 0.1) is 11.9 Å². The highest BCUT2D eigenvalue weighted by atomic mass is 15.3. The van der Waals surface area contributed by atoms with Crippen LogP contribution in [0.4, 0.5) is 0 Å². The molecule has 0 radical (unpaired) electrons. The second kappa shape index (κ2) is 6.95. The molecule has 3 aromatic rings. The molecule has 1 unspecified atom stereocenters. The summed E-state index contributed by atoms with van der Waals surface area (Å²) >= 11 is 0. The van der Waals surface area contributed by atoms with Gasteiger partial charge in [-0.2, -0.15) is 5.10 Å². The fraction of sp³-hybridized carbons (Fsp3) is 0.263. The molecule has 5 nitrogen and oxygen atoms in total. The largest absolute Gasteiger partial charge is 0.314 e. The molecule has 24 heavy (non-hydrogen) atoms. The number of nitrogens with one attached hydrogen (secondary N) is 1. The van der Waals surface area contributed by atoms with Crippen molar-refractivity contribution in [2.75, 3.05) is 19.6 Å². The maximum absolute atomic E-state index is 4.51. The molecule has 1 atom stereocenters. The van der Waals surface area contributed by atoms with Crippen LogP contribution in [-0.4, -0.2) is 39.3 Å². The predicted octanol–water partition coefficient (Wildman–Crippen LogP) is 2.41. The summed E-state index contributed by atoms with van der Waals surface area (Å²) in [6.45, 7) is 3.90. The van der Waals surface area contributed by atoms with Crippen LogP contribution in [0.5, 0.6) is 0 Å². The molecule has 122 valence electrons. The number of aromatic nitrogens is 3. The van der Waals surface area contributed by atoms with Crippen molar-refractivity contribution in [3.8, 4) is 5.69 Å². The number of hydrogen-bond donors (Lipinski definition) is 1. The molecule has 0 spiro atoms. The Morgan fingerprint density at radius 3 is 2.83 bits per heavy atom. The van der Waals surface area contributed by atoms with E-state index >= 15 is 0 Å². The summed E-state index contributed by atoms with van der Waals surface area (Å²) in [4.78, 5) is 6.77. The molecule has 1 N–H and O–H groups in total. The molecule has 1 fully saturated rings. The first kappa shape index (κ1) is 15.1. The van der Waals surface area contributed by atoms with Gasteiger partial charge in [-0.15, -0.1) is 0 Å². The second-order valence-electron chi connectivity index (χ2n) is 6.11. The lowest BCUT2D eigenvalue weighted by Crippen LogP contribution is -2.45. The number of hydrogen-bond acceptors (Lipinski definition) is 4. The van der Waals surface area contributed by atoms with E-state index in [1.807, 2.05) is 47.5 Å². The molecule has 1 saturated heterocycles. The van der Waals surface area contributed by atoms with Gasteiger partial charge in [0.1, 0.15) is 0 Å². The van der Waals surface area contributed by atoms with Gasteiger partial charge in [-0.3, -0.25) is 9.88 Å². The van der Waals surface area contributed by atoms with Gasteiger partial charge in [0.25, 0.3) is 0 Å². The number of benzene rings is 1. The number of nitrogens with zero attached hydrogens (tertiary/aromatic N) is 4. The van der Waals surface area contributed by atoms with E-state index in [-0.39, 0.29) is 0 Å². The SMILES string of the molecule is c1ccc(-n2cc(CN3CCNCC3c3cccnc3)cn2)cc1. The van der Waals surface area contributed by atoms with Crippen molar-refractivity contribution < 1.29 is 0 Å². The third kappa shape index (κ3) is 3.22. The summed E-state index contributed by atoms with van der Waals surface area (Å²) in [7, 11) is 0. The minimum absolute atomic E-state index is 0.354. The van der Waals surface area contributed by atoms with Crippen molar-refractivity contribution in [2.45, 2.75) is 12.6 Å². The average Bonchev–Trinajstić information content (AvgIpc) is 3.12.